The van der Waals surface area contributed by atoms with Gasteiger partial charge in [0.15, 0.2) is 5.82 Å². The fraction of sp³-hybridized carbons (Fsp3) is 0.375. The number of hydrogen-bond acceptors (Lipinski definition) is 5. The number of aryl methyl sites for hydroxylation is 3. The molecule has 3 aromatic rings. The Morgan fingerprint density at radius 3 is 2.86 bits per heavy atom. The number of fused-ring (bicyclic) bond motifs is 2. The molecule has 0 atom stereocenters. The molecule has 0 fully saturated rings. The minimum atomic E-state index is 0.711. The second kappa shape index (κ2) is 5.36. The number of nitrogens with zero attached hydrogens (tertiary/aromatic N) is 4. The molecule has 6 heteroatoms. The van der Waals surface area contributed by atoms with Crippen molar-refractivity contribution in [3.8, 4) is 0 Å². The highest BCUT2D eigenvalue weighted by Gasteiger charge is 2.13. The van der Waals surface area contributed by atoms with Gasteiger partial charge in [0.2, 0.25) is 0 Å². The molecule has 0 amide bonds. The molecule has 1 aliphatic carbocycles. The van der Waals surface area contributed by atoms with Crippen LogP contribution < -0.4 is 5.32 Å². The summed E-state index contributed by atoms with van der Waals surface area (Å²) < 4.78 is 0. The lowest BCUT2D eigenvalue weighted by molar-refractivity contribution is 0.881. The normalized spacial score (nSPS) is 13.5. The van der Waals surface area contributed by atoms with Crippen LogP contribution >= 0.6 is 0 Å². The number of aromatic amines is 1. The first-order valence-corrected chi connectivity index (χ1v) is 7.69. The zero-order valence-corrected chi connectivity index (χ0v) is 12.6. The van der Waals surface area contributed by atoms with Crippen molar-refractivity contribution in [2.75, 3.05) is 11.9 Å². The van der Waals surface area contributed by atoms with Gasteiger partial charge in [0.05, 0.1) is 5.52 Å². The third-order valence-corrected chi connectivity index (χ3v) is 4.27. The van der Waals surface area contributed by atoms with E-state index in [4.69, 9.17) is 4.98 Å². The third kappa shape index (κ3) is 2.41. The first-order chi connectivity index (χ1) is 10.8. The molecule has 22 heavy (non-hydrogen) atoms. The molecular formula is C16H18N6. The molecule has 0 bridgehead atoms. The van der Waals surface area contributed by atoms with Crippen LogP contribution in [0.1, 0.15) is 28.9 Å². The highest BCUT2D eigenvalue weighted by Crippen LogP contribution is 2.29. The zero-order valence-electron chi connectivity index (χ0n) is 12.6. The van der Waals surface area contributed by atoms with E-state index in [1.807, 2.05) is 0 Å². The Morgan fingerprint density at radius 2 is 2.05 bits per heavy atom. The molecule has 0 aliphatic heterocycles. The molecular weight excluding hydrogens is 276 g/mol. The van der Waals surface area contributed by atoms with Crippen LogP contribution in [0.25, 0.3) is 10.9 Å². The Kier molecular flexibility index (Phi) is 3.21. The van der Waals surface area contributed by atoms with Gasteiger partial charge in [-0.2, -0.15) is 5.21 Å². The van der Waals surface area contributed by atoms with Gasteiger partial charge in [0.25, 0.3) is 0 Å². The van der Waals surface area contributed by atoms with Crippen LogP contribution in [0.2, 0.25) is 0 Å². The van der Waals surface area contributed by atoms with Gasteiger partial charge >= 0.3 is 0 Å². The maximum atomic E-state index is 4.76. The van der Waals surface area contributed by atoms with Crippen molar-refractivity contribution in [1.82, 2.24) is 25.6 Å². The van der Waals surface area contributed by atoms with Gasteiger partial charge in [0, 0.05) is 18.4 Å². The van der Waals surface area contributed by atoms with Gasteiger partial charge in [0.1, 0.15) is 5.82 Å². The molecule has 1 aromatic carbocycles. The average Bonchev–Trinajstić information content (AvgIpc) is 3.16. The van der Waals surface area contributed by atoms with Crippen LogP contribution in [0.15, 0.2) is 18.2 Å². The standard InChI is InChI=1S/C16H18N6/c1-10-7-16(17-6-5-15-19-21-22-20-15)18-14-9-12-4-2-3-11(12)8-13(10)14/h7-9H,2-6H2,1H3,(H,17,18)(H,19,20,21,22). The molecule has 1 aliphatic rings. The van der Waals surface area contributed by atoms with E-state index in [0.717, 1.165) is 24.3 Å². The van der Waals surface area contributed by atoms with Gasteiger partial charge in [-0.15, -0.1) is 10.2 Å². The molecule has 2 heterocycles. The molecule has 6 nitrogen and oxygen atoms in total. The highest BCUT2D eigenvalue weighted by molar-refractivity contribution is 5.85. The summed E-state index contributed by atoms with van der Waals surface area (Å²) in [4.78, 5) is 4.76. The fourth-order valence-electron chi connectivity index (χ4n) is 3.15. The number of pyridine rings is 1. The maximum Gasteiger partial charge on any atom is 0.176 e. The number of rotatable bonds is 4. The summed E-state index contributed by atoms with van der Waals surface area (Å²) in [6, 6.07) is 6.69. The quantitative estimate of drug-likeness (QED) is 0.771. The summed E-state index contributed by atoms with van der Waals surface area (Å²) in [5.41, 5.74) is 5.31. The third-order valence-electron chi connectivity index (χ3n) is 4.27. The Labute approximate surface area is 128 Å². The number of aromatic nitrogens is 5. The number of hydrogen-bond donors (Lipinski definition) is 2. The van der Waals surface area contributed by atoms with E-state index < -0.39 is 0 Å². The number of nitrogens with one attached hydrogen (secondary N) is 2. The minimum absolute atomic E-state index is 0.711. The molecule has 0 spiro atoms. The van der Waals surface area contributed by atoms with Gasteiger partial charge in [-0.05, 0) is 61.1 Å². The lowest BCUT2D eigenvalue weighted by Gasteiger charge is -2.10. The largest absolute Gasteiger partial charge is 0.370 e. The van der Waals surface area contributed by atoms with E-state index in [2.05, 4.69) is 51.1 Å². The van der Waals surface area contributed by atoms with Crippen molar-refractivity contribution in [2.24, 2.45) is 0 Å². The van der Waals surface area contributed by atoms with Gasteiger partial charge in [-0.25, -0.2) is 4.98 Å². The smallest absolute Gasteiger partial charge is 0.176 e. The lowest BCUT2D eigenvalue weighted by atomic mass is 10.0. The van der Waals surface area contributed by atoms with Crippen molar-refractivity contribution >= 4 is 16.7 Å². The lowest BCUT2D eigenvalue weighted by Crippen LogP contribution is -2.08. The van der Waals surface area contributed by atoms with Crippen LogP contribution in [0.3, 0.4) is 0 Å². The SMILES string of the molecule is Cc1cc(NCCc2nn[nH]n2)nc2cc3c(cc12)CCC3. The van der Waals surface area contributed by atoms with Crippen LogP contribution in [0.4, 0.5) is 5.82 Å². The summed E-state index contributed by atoms with van der Waals surface area (Å²) in [6.07, 6.45) is 4.37. The van der Waals surface area contributed by atoms with E-state index in [-0.39, 0.29) is 0 Å². The Bertz CT molecular complexity index is 809. The molecule has 2 N–H and O–H groups in total. The Hall–Kier alpha value is -2.50. The molecule has 4 rings (SSSR count). The van der Waals surface area contributed by atoms with E-state index >= 15 is 0 Å². The molecule has 0 saturated heterocycles. The first kappa shape index (κ1) is 13.2. The summed E-state index contributed by atoms with van der Waals surface area (Å²) in [5.74, 6) is 1.62. The second-order valence-corrected chi connectivity index (χ2v) is 5.82. The van der Waals surface area contributed by atoms with E-state index in [9.17, 15) is 0 Å². The highest BCUT2D eigenvalue weighted by atomic mass is 15.5. The van der Waals surface area contributed by atoms with Crippen molar-refractivity contribution < 1.29 is 0 Å². The van der Waals surface area contributed by atoms with Gasteiger partial charge in [-0.3, -0.25) is 0 Å². The predicted molar refractivity (Wildman–Crippen MR) is 84.9 cm³/mol. The first-order valence-electron chi connectivity index (χ1n) is 7.69. The van der Waals surface area contributed by atoms with Crippen molar-refractivity contribution in [1.29, 1.82) is 0 Å². The van der Waals surface area contributed by atoms with Gasteiger partial charge in [-0.1, -0.05) is 5.21 Å². The van der Waals surface area contributed by atoms with Gasteiger partial charge < -0.3 is 5.32 Å². The topological polar surface area (TPSA) is 79.4 Å². The summed E-state index contributed by atoms with van der Waals surface area (Å²) in [7, 11) is 0. The summed E-state index contributed by atoms with van der Waals surface area (Å²) in [5, 5.41) is 18.5. The molecule has 0 unspecified atom stereocenters. The Balaban J connectivity index is 1.58. The number of anilines is 1. The molecule has 0 saturated carbocycles. The Morgan fingerprint density at radius 1 is 1.18 bits per heavy atom. The van der Waals surface area contributed by atoms with Crippen LogP contribution in [0.5, 0.6) is 0 Å². The predicted octanol–water partition coefficient (Wildman–Crippen LogP) is 2.20. The second-order valence-electron chi connectivity index (χ2n) is 5.82. The van der Waals surface area contributed by atoms with Crippen LogP contribution in [-0.4, -0.2) is 32.2 Å². The van der Waals surface area contributed by atoms with Crippen LogP contribution in [-0.2, 0) is 19.3 Å². The van der Waals surface area contributed by atoms with Crippen molar-refractivity contribution in [3.63, 3.8) is 0 Å². The number of tetrazole rings is 1. The van der Waals surface area contributed by atoms with Crippen molar-refractivity contribution in [2.45, 2.75) is 32.6 Å². The fourth-order valence-corrected chi connectivity index (χ4v) is 3.15. The summed E-state index contributed by atoms with van der Waals surface area (Å²) >= 11 is 0. The average molecular weight is 294 g/mol. The van der Waals surface area contributed by atoms with E-state index in [0.29, 0.717) is 5.82 Å². The number of benzene rings is 1. The number of H-pyrrole nitrogens is 1. The zero-order chi connectivity index (χ0) is 14.9. The maximum absolute atomic E-state index is 4.76. The van der Waals surface area contributed by atoms with Crippen LogP contribution in [0, 0.1) is 6.92 Å². The summed E-state index contributed by atoms with van der Waals surface area (Å²) in [6.45, 7) is 2.89. The van der Waals surface area contributed by atoms with Crippen molar-refractivity contribution in [3.05, 3.63) is 40.7 Å². The molecule has 0 radical (unpaired) electrons. The monoisotopic (exact) mass is 294 g/mol. The van der Waals surface area contributed by atoms with E-state index in [1.165, 1.54) is 41.3 Å². The minimum Gasteiger partial charge on any atom is -0.370 e. The molecule has 2 aromatic heterocycles. The molecule has 112 valence electrons. The van der Waals surface area contributed by atoms with E-state index in [1.54, 1.807) is 0 Å².